The molecule has 3 saturated heterocycles. The van der Waals surface area contributed by atoms with E-state index in [4.69, 9.17) is 4.74 Å². The standard InChI is InChI=1S/C31H55NO3/c1-4-5-6-7-8-9-10-11-12-13-14-15-16-17-18-19-22-31(2,3)23-24-32-29(33)27-25-20-21-26(35-25)28(27)30(32)34/h25-28H,4-24H2,1-3H3/t25-,26?,27-,28+/m1/s1. The molecule has 2 amide bonds. The maximum Gasteiger partial charge on any atom is 0.235 e. The molecular formula is C31H55NO3. The molecule has 0 aromatic heterocycles. The Kier molecular flexibility index (Phi) is 12.1. The largest absolute Gasteiger partial charge is 0.373 e. The van der Waals surface area contributed by atoms with Crippen molar-refractivity contribution in [3.63, 3.8) is 0 Å². The van der Waals surface area contributed by atoms with Crippen molar-refractivity contribution in [2.24, 2.45) is 17.3 Å². The summed E-state index contributed by atoms with van der Waals surface area (Å²) >= 11 is 0. The highest BCUT2D eigenvalue weighted by molar-refractivity contribution is 6.06. The molecule has 35 heavy (non-hydrogen) atoms. The van der Waals surface area contributed by atoms with E-state index in [1.807, 2.05) is 0 Å². The van der Waals surface area contributed by atoms with Gasteiger partial charge in [0.25, 0.3) is 0 Å². The first-order chi connectivity index (χ1) is 16.9. The SMILES string of the molecule is CCCCCCCCCCCCCCCCCCC(C)(C)CCN1C(=O)[C@@H]2[C@H]3CCC(O3)[C@@H]2C1=O. The molecule has 0 aromatic rings. The molecule has 3 heterocycles. The van der Waals surface area contributed by atoms with Crippen molar-refractivity contribution in [2.75, 3.05) is 6.54 Å². The van der Waals surface area contributed by atoms with Crippen molar-refractivity contribution in [1.82, 2.24) is 4.90 Å². The second kappa shape index (κ2) is 14.7. The van der Waals surface area contributed by atoms with E-state index in [2.05, 4.69) is 20.8 Å². The average Bonchev–Trinajstić information content (AvgIpc) is 3.51. The number of ether oxygens (including phenoxy) is 1. The Hall–Kier alpha value is -0.900. The Morgan fingerprint density at radius 3 is 1.49 bits per heavy atom. The Labute approximate surface area is 216 Å². The number of carbonyl (C=O) groups is 2. The Morgan fingerprint density at radius 2 is 1.06 bits per heavy atom. The molecule has 2 bridgehead atoms. The lowest BCUT2D eigenvalue weighted by atomic mass is 9.81. The van der Waals surface area contributed by atoms with E-state index in [-0.39, 0.29) is 41.3 Å². The van der Waals surface area contributed by atoms with Gasteiger partial charge in [-0.1, -0.05) is 124 Å². The van der Waals surface area contributed by atoms with Crippen LogP contribution in [0.3, 0.4) is 0 Å². The van der Waals surface area contributed by atoms with Crippen LogP contribution >= 0.6 is 0 Å². The number of unbranched alkanes of at least 4 members (excludes halogenated alkanes) is 15. The number of fused-ring (bicyclic) bond motifs is 5. The van der Waals surface area contributed by atoms with Gasteiger partial charge in [0.15, 0.2) is 0 Å². The molecule has 0 aliphatic carbocycles. The number of nitrogens with zero attached hydrogens (tertiary/aromatic N) is 1. The summed E-state index contributed by atoms with van der Waals surface area (Å²) in [5, 5.41) is 0. The van der Waals surface area contributed by atoms with Crippen LogP contribution in [-0.4, -0.2) is 35.5 Å². The zero-order chi connectivity index (χ0) is 25.1. The monoisotopic (exact) mass is 489 g/mol. The average molecular weight is 490 g/mol. The number of amides is 2. The summed E-state index contributed by atoms with van der Waals surface area (Å²) in [6, 6.07) is 0. The van der Waals surface area contributed by atoms with Crippen LogP contribution in [0.25, 0.3) is 0 Å². The molecule has 4 nitrogen and oxygen atoms in total. The number of hydrogen-bond acceptors (Lipinski definition) is 3. The normalized spacial score (nSPS) is 25.7. The highest BCUT2D eigenvalue weighted by Gasteiger charge is 2.62. The second-order valence-electron chi connectivity index (χ2n) is 12.6. The van der Waals surface area contributed by atoms with E-state index in [0.717, 1.165) is 19.3 Å². The number of rotatable bonds is 20. The predicted octanol–water partition coefficient (Wildman–Crippen LogP) is 8.22. The van der Waals surface area contributed by atoms with Crippen molar-refractivity contribution in [3.05, 3.63) is 0 Å². The summed E-state index contributed by atoms with van der Waals surface area (Å²) in [5.41, 5.74) is 0.184. The maximum absolute atomic E-state index is 12.8. The smallest absolute Gasteiger partial charge is 0.235 e. The maximum atomic E-state index is 12.8. The minimum atomic E-state index is -0.176. The molecule has 1 unspecified atom stereocenters. The first kappa shape index (κ1) is 28.7. The summed E-state index contributed by atoms with van der Waals surface area (Å²) in [6.07, 6.45) is 26.4. The molecule has 0 spiro atoms. The van der Waals surface area contributed by atoms with Crippen molar-refractivity contribution < 1.29 is 14.3 Å². The van der Waals surface area contributed by atoms with E-state index >= 15 is 0 Å². The predicted molar refractivity (Wildman–Crippen MR) is 144 cm³/mol. The van der Waals surface area contributed by atoms with Gasteiger partial charge < -0.3 is 4.74 Å². The Morgan fingerprint density at radius 1 is 0.657 bits per heavy atom. The van der Waals surface area contributed by atoms with Gasteiger partial charge in [-0.05, 0) is 31.1 Å². The number of imide groups is 1. The van der Waals surface area contributed by atoms with Crippen LogP contribution in [0.1, 0.15) is 149 Å². The summed E-state index contributed by atoms with van der Waals surface area (Å²) in [6.45, 7) is 7.49. The van der Waals surface area contributed by atoms with Crippen molar-refractivity contribution in [3.8, 4) is 0 Å². The molecule has 3 rings (SSSR count). The lowest BCUT2D eigenvalue weighted by Crippen LogP contribution is -2.36. The zero-order valence-electron chi connectivity index (χ0n) is 23.3. The lowest BCUT2D eigenvalue weighted by molar-refractivity contribution is -0.142. The summed E-state index contributed by atoms with van der Waals surface area (Å²) in [5.74, 6) is -0.259. The molecule has 0 radical (unpaired) electrons. The van der Waals surface area contributed by atoms with Gasteiger partial charge in [-0.3, -0.25) is 14.5 Å². The fraction of sp³-hybridized carbons (Fsp3) is 0.935. The van der Waals surface area contributed by atoms with Crippen molar-refractivity contribution in [1.29, 1.82) is 0 Å². The van der Waals surface area contributed by atoms with E-state index in [9.17, 15) is 9.59 Å². The molecule has 3 aliphatic rings. The zero-order valence-corrected chi connectivity index (χ0v) is 23.3. The van der Waals surface area contributed by atoms with E-state index in [1.54, 1.807) is 4.90 Å². The van der Waals surface area contributed by atoms with Crippen LogP contribution < -0.4 is 0 Å². The lowest BCUT2D eigenvalue weighted by Gasteiger charge is -2.27. The third-order valence-corrected chi connectivity index (χ3v) is 9.09. The van der Waals surface area contributed by atoms with Gasteiger partial charge in [-0.25, -0.2) is 0 Å². The van der Waals surface area contributed by atoms with E-state index in [1.165, 1.54) is 109 Å². The molecular weight excluding hydrogens is 434 g/mol. The molecule has 3 aliphatic heterocycles. The van der Waals surface area contributed by atoms with Gasteiger partial charge >= 0.3 is 0 Å². The molecule has 4 heteroatoms. The van der Waals surface area contributed by atoms with Crippen LogP contribution in [0.2, 0.25) is 0 Å². The van der Waals surface area contributed by atoms with Gasteiger partial charge in [0.05, 0.1) is 24.0 Å². The molecule has 202 valence electrons. The van der Waals surface area contributed by atoms with Gasteiger partial charge in [-0.2, -0.15) is 0 Å². The third kappa shape index (κ3) is 8.58. The van der Waals surface area contributed by atoms with Crippen LogP contribution in [0.5, 0.6) is 0 Å². The first-order valence-corrected chi connectivity index (χ1v) is 15.5. The fourth-order valence-corrected chi connectivity index (χ4v) is 6.69. The number of likely N-dealkylation sites (tertiary alicyclic amines) is 1. The van der Waals surface area contributed by atoms with Crippen LogP contribution in [0.15, 0.2) is 0 Å². The molecule has 0 aromatic carbocycles. The minimum Gasteiger partial charge on any atom is -0.373 e. The van der Waals surface area contributed by atoms with Crippen LogP contribution in [0, 0.1) is 17.3 Å². The summed E-state index contributed by atoms with van der Waals surface area (Å²) in [4.78, 5) is 27.3. The van der Waals surface area contributed by atoms with E-state index in [0.29, 0.717) is 6.54 Å². The molecule has 0 N–H and O–H groups in total. The van der Waals surface area contributed by atoms with E-state index < -0.39 is 0 Å². The topological polar surface area (TPSA) is 46.6 Å². The number of carbonyl (C=O) groups excluding carboxylic acids is 2. The van der Waals surface area contributed by atoms with Crippen molar-refractivity contribution in [2.45, 2.75) is 161 Å². The Balaban J connectivity index is 1.14. The quantitative estimate of drug-likeness (QED) is 0.128. The van der Waals surface area contributed by atoms with Gasteiger partial charge in [0.1, 0.15) is 0 Å². The molecule has 4 atom stereocenters. The molecule has 3 fully saturated rings. The number of hydrogen-bond donors (Lipinski definition) is 0. The third-order valence-electron chi connectivity index (χ3n) is 9.09. The van der Waals surface area contributed by atoms with Crippen molar-refractivity contribution >= 4 is 11.8 Å². The Bertz CT molecular complexity index is 617. The molecule has 0 saturated carbocycles. The van der Waals surface area contributed by atoms with Crippen LogP contribution in [-0.2, 0) is 14.3 Å². The first-order valence-electron chi connectivity index (χ1n) is 15.5. The van der Waals surface area contributed by atoms with Gasteiger partial charge in [-0.15, -0.1) is 0 Å². The second-order valence-corrected chi connectivity index (χ2v) is 12.6. The summed E-state index contributed by atoms with van der Waals surface area (Å²) in [7, 11) is 0. The summed E-state index contributed by atoms with van der Waals surface area (Å²) < 4.78 is 5.85. The van der Waals surface area contributed by atoms with Crippen LogP contribution in [0.4, 0.5) is 0 Å². The minimum absolute atomic E-state index is 0.00423. The highest BCUT2D eigenvalue weighted by atomic mass is 16.5. The van der Waals surface area contributed by atoms with Gasteiger partial charge in [0.2, 0.25) is 11.8 Å². The fourth-order valence-electron chi connectivity index (χ4n) is 6.69. The van der Waals surface area contributed by atoms with Gasteiger partial charge in [0, 0.05) is 6.54 Å². The highest BCUT2D eigenvalue weighted by Crippen LogP contribution is 2.48.